The van der Waals surface area contributed by atoms with Crippen molar-refractivity contribution in [2.45, 2.75) is 57.8 Å². The molecule has 0 saturated carbocycles. The van der Waals surface area contributed by atoms with E-state index in [0.717, 1.165) is 19.3 Å². The standard InChI is InChI=1S/C27H26FN7O2.C22H18FN7O/c1-2-19(32-24-23-26(30-15-29-24)34(16-31-23)21-13-6-7-14-37-21)25-33-20-12-8-11-18(28)22(20)27(36)35(25)17-9-4-3-5-10-17;1-13(27-19-18-21(25-11-24-19)29(2)12-26-18)20-28-17-9-8-14(23)10-16(17)22(31)30(20)15-6-4-3-5-7-15/h3-5,8-12,15-16,19,21H,2,6-7,13-14H2,1H3,(H,29,30,32);3-13H,1-2H3,(H,24,25,27)/t19-,21?;13-/m00/s1. The second-order valence-corrected chi connectivity index (χ2v) is 16.3. The molecular weight excluding hydrogens is 871 g/mol. The van der Waals surface area contributed by atoms with Crippen LogP contribution >= 0.6 is 0 Å². The van der Waals surface area contributed by atoms with Gasteiger partial charge in [-0.3, -0.25) is 23.3 Å². The first-order valence-electron chi connectivity index (χ1n) is 22.2. The predicted octanol–water partition coefficient (Wildman–Crippen LogP) is 8.30. The fourth-order valence-corrected chi connectivity index (χ4v) is 8.51. The van der Waals surface area contributed by atoms with Gasteiger partial charge < -0.3 is 19.9 Å². The molecule has 1 aliphatic rings. The molecular formula is C49H44F2N14O3. The number of para-hydroxylation sites is 2. The van der Waals surface area contributed by atoms with Crippen molar-refractivity contribution >= 4 is 55.8 Å². The smallest absolute Gasteiger partial charge is 0.269 e. The third-order valence-corrected chi connectivity index (χ3v) is 11.9. The van der Waals surface area contributed by atoms with Gasteiger partial charge in [0.15, 0.2) is 28.4 Å². The van der Waals surface area contributed by atoms with E-state index in [1.54, 1.807) is 41.5 Å². The van der Waals surface area contributed by atoms with Crippen LogP contribution in [0.2, 0.25) is 0 Å². The van der Waals surface area contributed by atoms with Crippen molar-refractivity contribution in [3.05, 3.63) is 166 Å². The van der Waals surface area contributed by atoms with Gasteiger partial charge in [-0.15, -0.1) is 0 Å². The van der Waals surface area contributed by atoms with Crippen molar-refractivity contribution in [3.8, 4) is 11.4 Å². The van der Waals surface area contributed by atoms with Crippen LogP contribution in [0, 0.1) is 11.6 Å². The van der Waals surface area contributed by atoms with E-state index in [4.69, 9.17) is 14.7 Å². The molecule has 10 aromatic rings. The first kappa shape index (κ1) is 43.6. The molecule has 0 aliphatic carbocycles. The first-order valence-corrected chi connectivity index (χ1v) is 22.2. The quantitative estimate of drug-likeness (QED) is 0.133. The van der Waals surface area contributed by atoms with Crippen molar-refractivity contribution in [2.24, 2.45) is 7.05 Å². The summed E-state index contributed by atoms with van der Waals surface area (Å²) in [6, 6.07) is 26.0. The third-order valence-electron chi connectivity index (χ3n) is 11.9. The van der Waals surface area contributed by atoms with E-state index in [0.29, 0.717) is 81.0 Å². The maximum Gasteiger partial charge on any atom is 0.269 e. The number of hydrogen-bond donors (Lipinski definition) is 2. The normalized spacial score (nSPS) is 14.8. The van der Waals surface area contributed by atoms with Crippen molar-refractivity contribution in [1.82, 2.24) is 58.1 Å². The molecule has 2 N–H and O–H groups in total. The fourth-order valence-electron chi connectivity index (χ4n) is 8.51. The average Bonchev–Trinajstić information content (AvgIpc) is 3.99. The summed E-state index contributed by atoms with van der Waals surface area (Å²) in [6.45, 7) is 4.58. The first-order chi connectivity index (χ1) is 33.2. The molecule has 19 heteroatoms. The number of imidazole rings is 2. The molecule has 0 spiro atoms. The topological polar surface area (TPSA) is 190 Å². The van der Waals surface area contributed by atoms with Gasteiger partial charge in [0.2, 0.25) is 0 Å². The van der Waals surface area contributed by atoms with E-state index >= 15 is 0 Å². The number of aromatic nitrogens is 12. The van der Waals surface area contributed by atoms with Gasteiger partial charge in [-0.05, 0) is 87.2 Å². The maximum atomic E-state index is 14.7. The Morgan fingerprint density at radius 1 is 0.706 bits per heavy atom. The average molecular weight is 915 g/mol. The van der Waals surface area contributed by atoms with Crippen molar-refractivity contribution in [2.75, 3.05) is 17.2 Å². The van der Waals surface area contributed by atoms with Gasteiger partial charge in [0.25, 0.3) is 11.1 Å². The van der Waals surface area contributed by atoms with Crippen LogP contribution in [0.1, 0.15) is 69.5 Å². The van der Waals surface area contributed by atoms with Crippen molar-refractivity contribution in [3.63, 3.8) is 0 Å². The molecule has 0 bridgehead atoms. The fraction of sp³-hybridized carbons (Fsp3) is 0.224. The number of nitrogens with one attached hydrogen (secondary N) is 2. The van der Waals surface area contributed by atoms with Gasteiger partial charge in [0.1, 0.15) is 53.1 Å². The van der Waals surface area contributed by atoms with Crippen molar-refractivity contribution < 1.29 is 13.5 Å². The molecule has 1 unspecified atom stereocenters. The number of ether oxygens (including phenoxy) is 1. The van der Waals surface area contributed by atoms with Gasteiger partial charge in [-0.2, -0.15) is 0 Å². The minimum atomic E-state index is -0.597. The lowest BCUT2D eigenvalue weighted by Gasteiger charge is -2.24. The molecule has 1 aliphatic heterocycles. The third kappa shape index (κ3) is 8.16. The highest BCUT2D eigenvalue weighted by atomic mass is 19.1. The second kappa shape index (κ2) is 18.5. The van der Waals surface area contributed by atoms with Crippen LogP contribution in [0.15, 0.2) is 132 Å². The van der Waals surface area contributed by atoms with Crippen LogP contribution in [0.5, 0.6) is 0 Å². The number of fused-ring (bicyclic) bond motifs is 4. The Balaban J connectivity index is 0.000000161. The predicted molar refractivity (Wildman–Crippen MR) is 254 cm³/mol. The van der Waals surface area contributed by atoms with Gasteiger partial charge in [-0.25, -0.2) is 48.7 Å². The molecule has 6 aromatic heterocycles. The summed E-state index contributed by atoms with van der Waals surface area (Å²) in [5.41, 5.74) is 3.75. The number of aryl methyl sites for hydroxylation is 1. The zero-order valence-corrected chi connectivity index (χ0v) is 37.2. The molecule has 3 atom stereocenters. The molecule has 4 aromatic carbocycles. The molecule has 17 nitrogen and oxygen atoms in total. The maximum absolute atomic E-state index is 14.7. The molecule has 1 fully saturated rings. The summed E-state index contributed by atoms with van der Waals surface area (Å²) in [6.07, 6.45) is 9.86. The van der Waals surface area contributed by atoms with Crippen LogP contribution in [0.25, 0.3) is 55.5 Å². The summed E-state index contributed by atoms with van der Waals surface area (Å²) in [7, 11) is 1.85. The number of benzene rings is 4. The van der Waals surface area contributed by atoms with Gasteiger partial charge in [0, 0.05) is 13.7 Å². The molecule has 1 saturated heterocycles. The Morgan fingerprint density at radius 3 is 2.07 bits per heavy atom. The number of anilines is 2. The van der Waals surface area contributed by atoms with Crippen LogP contribution < -0.4 is 21.8 Å². The van der Waals surface area contributed by atoms with Crippen LogP contribution in [-0.2, 0) is 11.8 Å². The van der Waals surface area contributed by atoms with Gasteiger partial charge in [-0.1, -0.05) is 49.4 Å². The van der Waals surface area contributed by atoms with Crippen LogP contribution in [-0.4, -0.2) is 64.7 Å². The second-order valence-electron chi connectivity index (χ2n) is 16.3. The van der Waals surface area contributed by atoms with Crippen LogP contribution in [0.4, 0.5) is 20.4 Å². The van der Waals surface area contributed by atoms with E-state index < -0.39 is 29.3 Å². The lowest BCUT2D eigenvalue weighted by Crippen LogP contribution is -2.28. The molecule has 11 rings (SSSR count). The Kier molecular flexibility index (Phi) is 11.9. The number of rotatable bonds is 10. The summed E-state index contributed by atoms with van der Waals surface area (Å²) >= 11 is 0. The molecule has 0 amide bonds. The van der Waals surface area contributed by atoms with Gasteiger partial charge >= 0.3 is 0 Å². The van der Waals surface area contributed by atoms with E-state index in [-0.39, 0.29) is 22.6 Å². The number of nitrogens with zero attached hydrogens (tertiary/aromatic N) is 12. The minimum absolute atomic E-state index is 0.0411. The van der Waals surface area contributed by atoms with E-state index in [1.165, 1.54) is 46.1 Å². The summed E-state index contributed by atoms with van der Waals surface area (Å²) in [5.74, 6) is 0.908. The zero-order valence-electron chi connectivity index (χ0n) is 37.2. The van der Waals surface area contributed by atoms with Gasteiger partial charge in [0.05, 0.1) is 52.5 Å². The minimum Gasteiger partial charge on any atom is -0.358 e. The highest BCUT2D eigenvalue weighted by molar-refractivity contribution is 5.84. The SMILES string of the molecule is CC[C@H](Nc1ncnc2c1ncn2C1CCCCO1)c1nc2cccc(F)c2c(=O)n1-c1ccccc1.C[C@H](Nc1ncnc2c1ncn2C)c1nc2ccc(F)cc2c(=O)n1-c1ccccc1. The lowest BCUT2D eigenvalue weighted by molar-refractivity contribution is -0.0298. The molecule has 342 valence electrons. The summed E-state index contributed by atoms with van der Waals surface area (Å²) in [4.78, 5) is 62.9. The highest BCUT2D eigenvalue weighted by Gasteiger charge is 2.26. The Hall–Kier alpha value is -8.32. The Bertz CT molecular complexity index is 3580. The van der Waals surface area contributed by atoms with E-state index in [2.05, 4.69) is 40.5 Å². The lowest BCUT2D eigenvalue weighted by atomic mass is 10.1. The Morgan fingerprint density at radius 2 is 1.37 bits per heavy atom. The molecule has 68 heavy (non-hydrogen) atoms. The van der Waals surface area contributed by atoms with Crippen LogP contribution in [0.3, 0.4) is 0 Å². The largest absolute Gasteiger partial charge is 0.358 e. The van der Waals surface area contributed by atoms with Crippen molar-refractivity contribution in [1.29, 1.82) is 0 Å². The molecule has 7 heterocycles. The highest BCUT2D eigenvalue weighted by Crippen LogP contribution is 2.31. The molecule has 0 radical (unpaired) electrons. The number of halogens is 2. The van der Waals surface area contributed by atoms with E-state index in [9.17, 15) is 18.4 Å². The Labute approximate surface area is 386 Å². The monoisotopic (exact) mass is 914 g/mol. The summed E-state index contributed by atoms with van der Waals surface area (Å²) < 4.78 is 41.2. The number of hydrogen-bond acceptors (Lipinski definition) is 13. The van der Waals surface area contributed by atoms with E-state index in [1.807, 2.05) is 74.0 Å². The zero-order chi connectivity index (χ0) is 46.9. The summed E-state index contributed by atoms with van der Waals surface area (Å²) in [5, 5.41) is 6.92.